The molecular formula is C18H21F5N2O4. The van der Waals surface area contributed by atoms with E-state index in [1.807, 2.05) is 0 Å². The van der Waals surface area contributed by atoms with Crippen LogP contribution < -0.4 is 4.74 Å². The van der Waals surface area contributed by atoms with Gasteiger partial charge in [-0.1, -0.05) is 6.07 Å². The summed E-state index contributed by atoms with van der Waals surface area (Å²) in [6.45, 7) is -0.853. The third-order valence-electron chi connectivity index (χ3n) is 5.43. The van der Waals surface area contributed by atoms with E-state index >= 15 is 0 Å². The van der Waals surface area contributed by atoms with Crippen LogP contribution in [0, 0.1) is 5.41 Å². The molecule has 1 aromatic heterocycles. The van der Waals surface area contributed by atoms with E-state index < -0.39 is 31.4 Å². The van der Waals surface area contributed by atoms with Crippen LogP contribution in [0.2, 0.25) is 0 Å². The van der Waals surface area contributed by atoms with Crippen molar-refractivity contribution in [3.05, 3.63) is 23.9 Å². The lowest BCUT2D eigenvalue weighted by molar-refractivity contribution is -0.215. The summed E-state index contributed by atoms with van der Waals surface area (Å²) in [5, 5.41) is 8.76. The number of halogens is 5. The number of nitrogens with zero attached hydrogens (tertiary/aromatic N) is 2. The van der Waals surface area contributed by atoms with Gasteiger partial charge >= 0.3 is 12.3 Å². The predicted octanol–water partition coefficient (Wildman–Crippen LogP) is 3.70. The fraction of sp³-hybridized carbons (Fsp3) is 0.667. The standard InChI is InChI=1S/C18H21F5N2O4/c19-15(20)12-2-1-3-14(24-12)28-11-8-17(9-11)4-6-25(7-5-17)16(27)29-13(10-26)18(21,22)23/h1-3,11,13,15,26H,4-10H2/t13-/m1/s1. The lowest BCUT2D eigenvalue weighted by Gasteiger charge is -2.51. The molecule has 1 saturated heterocycles. The number of hydrogen-bond donors (Lipinski definition) is 1. The van der Waals surface area contributed by atoms with Crippen LogP contribution in [-0.2, 0) is 4.74 Å². The number of aliphatic hydroxyl groups is 1. The summed E-state index contributed by atoms with van der Waals surface area (Å²) in [5.74, 6) is 0.130. The van der Waals surface area contributed by atoms with Gasteiger partial charge in [-0.15, -0.1) is 0 Å². The van der Waals surface area contributed by atoms with Gasteiger partial charge in [0.1, 0.15) is 11.8 Å². The van der Waals surface area contributed by atoms with E-state index in [4.69, 9.17) is 9.84 Å². The third kappa shape index (κ3) is 5.06. The second-order valence-corrected chi connectivity index (χ2v) is 7.43. The quantitative estimate of drug-likeness (QED) is 0.730. The number of hydrogen-bond acceptors (Lipinski definition) is 5. The number of carbonyl (C=O) groups excluding carboxylic acids is 1. The normalized spacial score (nSPS) is 20.4. The zero-order chi connectivity index (χ0) is 21.2. The Morgan fingerprint density at radius 1 is 1.28 bits per heavy atom. The Bertz CT molecular complexity index is 714. The molecule has 0 radical (unpaired) electrons. The third-order valence-corrected chi connectivity index (χ3v) is 5.43. The van der Waals surface area contributed by atoms with Crippen molar-refractivity contribution in [2.45, 2.75) is 50.5 Å². The van der Waals surface area contributed by atoms with Crippen molar-refractivity contribution in [2.24, 2.45) is 5.41 Å². The van der Waals surface area contributed by atoms with Gasteiger partial charge in [-0.05, 0) is 37.2 Å². The minimum Gasteiger partial charge on any atom is -0.474 e. The Morgan fingerprint density at radius 3 is 2.48 bits per heavy atom. The Labute approximate surface area is 163 Å². The second kappa shape index (κ2) is 8.29. The number of aliphatic hydroxyl groups excluding tert-OH is 1. The largest absolute Gasteiger partial charge is 0.474 e. The first-order valence-corrected chi connectivity index (χ1v) is 9.17. The van der Waals surface area contributed by atoms with Crippen LogP contribution >= 0.6 is 0 Å². The summed E-state index contributed by atoms with van der Waals surface area (Å²) in [6, 6.07) is 4.17. The van der Waals surface area contributed by atoms with Gasteiger partial charge in [0, 0.05) is 19.2 Å². The maximum atomic E-state index is 12.7. The Morgan fingerprint density at radius 2 is 1.93 bits per heavy atom. The van der Waals surface area contributed by atoms with E-state index in [1.54, 1.807) is 0 Å². The monoisotopic (exact) mass is 424 g/mol. The fourth-order valence-corrected chi connectivity index (χ4v) is 3.75. The molecule has 1 aromatic rings. The molecule has 1 N–H and O–H groups in total. The van der Waals surface area contributed by atoms with Crippen LogP contribution in [0.3, 0.4) is 0 Å². The number of likely N-dealkylation sites (tertiary alicyclic amines) is 1. The molecule has 1 amide bonds. The summed E-state index contributed by atoms with van der Waals surface area (Å²) >= 11 is 0. The first-order valence-electron chi connectivity index (χ1n) is 9.17. The summed E-state index contributed by atoms with van der Waals surface area (Å²) in [4.78, 5) is 16.9. The van der Waals surface area contributed by atoms with E-state index in [-0.39, 0.29) is 36.2 Å². The molecular weight excluding hydrogens is 403 g/mol. The molecule has 0 aromatic carbocycles. The second-order valence-electron chi connectivity index (χ2n) is 7.43. The highest BCUT2D eigenvalue weighted by atomic mass is 19.4. The molecule has 2 aliphatic rings. The average Bonchev–Trinajstić information content (AvgIpc) is 2.64. The molecule has 2 fully saturated rings. The van der Waals surface area contributed by atoms with Crippen molar-refractivity contribution in [3.63, 3.8) is 0 Å². The fourth-order valence-electron chi connectivity index (χ4n) is 3.75. The minimum absolute atomic E-state index is 0.0951. The molecule has 29 heavy (non-hydrogen) atoms. The summed E-state index contributed by atoms with van der Waals surface area (Å²) in [7, 11) is 0. The van der Waals surface area contributed by atoms with E-state index in [2.05, 4.69) is 9.72 Å². The Hall–Kier alpha value is -2.17. The van der Waals surface area contributed by atoms with Gasteiger partial charge in [-0.25, -0.2) is 18.6 Å². The molecule has 11 heteroatoms. The lowest BCUT2D eigenvalue weighted by Crippen LogP contribution is -2.53. The number of alkyl halides is 5. The van der Waals surface area contributed by atoms with E-state index in [1.165, 1.54) is 23.1 Å². The van der Waals surface area contributed by atoms with Crippen LogP contribution in [0.4, 0.5) is 26.7 Å². The number of carbonyl (C=O) groups is 1. The summed E-state index contributed by atoms with van der Waals surface area (Å²) < 4.78 is 73.2. The van der Waals surface area contributed by atoms with Crippen LogP contribution in [0.15, 0.2) is 18.2 Å². The van der Waals surface area contributed by atoms with Crippen molar-refractivity contribution in [2.75, 3.05) is 19.7 Å². The molecule has 2 heterocycles. The number of piperidine rings is 1. The molecule has 1 aliphatic heterocycles. The highest BCUT2D eigenvalue weighted by Crippen LogP contribution is 2.50. The molecule has 0 unspecified atom stereocenters. The molecule has 6 nitrogen and oxygen atoms in total. The maximum Gasteiger partial charge on any atom is 0.427 e. The number of ether oxygens (including phenoxy) is 2. The van der Waals surface area contributed by atoms with Crippen molar-refractivity contribution in [1.82, 2.24) is 9.88 Å². The van der Waals surface area contributed by atoms with E-state index in [0.717, 1.165) is 0 Å². The van der Waals surface area contributed by atoms with Gasteiger partial charge in [0.15, 0.2) is 0 Å². The van der Waals surface area contributed by atoms with Crippen molar-refractivity contribution < 1.29 is 41.3 Å². The van der Waals surface area contributed by atoms with Crippen LogP contribution in [-0.4, -0.2) is 59.2 Å². The van der Waals surface area contributed by atoms with Crippen molar-refractivity contribution >= 4 is 6.09 Å². The topological polar surface area (TPSA) is 71.9 Å². The van der Waals surface area contributed by atoms with Gasteiger partial charge in [0.25, 0.3) is 6.43 Å². The number of pyridine rings is 1. The Balaban J connectivity index is 1.46. The number of rotatable bonds is 5. The molecule has 3 rings (SSSR count). The number of aromatic nitrogens is 1. The highest BCUT2D eigenvalue weighted by Gasteiger charge is 2.49. The zero-order valence-electron chi connectivity index (χ0n) is 15.4. The van der Waals surface area contributed by atoms with Gasteiger partial charge in [-0.2, -0.15) is 13.2 Å². The number of amides is 1. The molecule has 1 aliphatic carbocycles. The summed E-state index contributed by atoms with van der Waals surface area (Å²) in [5.41, 5.74) is -0.453. The zero-order valence-corrected chi connectivity index (χ0v) is 15.4. The molecule has 0 bridgehead atoms. The van der Waals surface area contributed by atoms with Gasteiger partial charge < -0.3 is 19.5 Å². The minimum atomic E-state index is -4.82. The Kier molecular flexibility index (Phi) is 6.16. The SMILES string of the molecule is O=C(O[C@H](CO)C(F)(F)F)N1CCC2(CC1)CC(Oc1cccc(C(F)F)n1)C2. The van der Waals surface area contributed by atoms with Gasteiger partial charge in [-0.3, -0.25) is 0 Å². The predicted molar refractivity (Wildman–Crippen MR) is 89.5 cm³/mol. The highest BCUT2D eigenvalue weighted by molar-refractivity contribution is 5.68. The average molecular weight is 424 g/mol. The summed E-state index contributed by atoms with van der Waals surface area (Å²) in [6.07, 6.45) is -8.88. The molecule has 1 saturated carbocycles. The molecule has 1 spiro atoms. The van der Waals surface area contributed by atoms with Crippen LogP contribution in [0.25, 0.3) is 0 Å². The van der Waals surface area contributed by atoms with E-state index in [0.29, 0.717) is 25.7 Å². The van der Waals surface area contributed by atoms with Gasteiger partial charge in [0.05, 0.1) is 6.61 Å². The molecule has 162 valence electrons. The van der Waals surface area contributed by atoms with Crippen LogP contribution in [0.1, 0.15) is 37.8 Å². The van der Waals surface area contributed by atoms with Crippen molar-refractivity contribution in [1.29, 1.82) is 0 Å². The van der Waals surface area contributed by atoms with Crippen LogP contribution in [0.5, 0.6) is 5.88 Å². The van der Waals surface area contributed by atoms with E-state index in [9.17, 15) is 26.7 Å². The lowest BCUT2D eigenvalue weighted by atomic mass is 9.61. The molecule has 1 atom stereocenters. The van der Waals surface area contributed by atoms with Crippen molar-refractivity contribution in [3.8, 4) is 5.88 Å². The first-order chi connectivity index (χ1) is 13.6. The maximum absolute atomic E-state index is 12.7. The smallest absolute Gasteiger partial charge is 0.427 e. The first kappa shape index (κ1) is 21.5. The van der Waals surface area contributed by atoms with Gasteiger partial charge in [0.2, 0.25) is 12.0 Å².